The number of fused-ring (bicyclic) bond motifs is 2. The molecule has 0 fully saturated rings. The number of hydrogen-bond acceptors (Lipinski definition) is 4. The van der Waals surface area contributed by atoms with Crippen molar-refractivity contribution in [2.75, 3.05) is 5.32 Å². The number of para-hydroxylation sites is 2. The van der Waals surface area contributed by atoms with Gasteiger partial charge in [-0.3, -0.25) is 4.79 Å². The van der Waals surface area contributed by atoms with Crippen molar-refractivity contribution in [3.8, 4) is 12.0 Å². The summed E-state index contributed by atoms with van der Waals surface area (Å²) in [6.07, 6.45) is 0.339. The maximum atomic E-state index is 12.5. The number of carbonyl (C=O) groups excluding carboxylic acids is 1. The molecule has 1 unspecified atom stereocenters. The molecule has 7 heteroatoms. The number of nitriles is 1. The minimum Gasteiger partial charge on any atom is -0.322 e. The van der Waals surface area contributed by atoms with Gasteiger partial charge in [-0.2, -0.15) is 15.0 Å². The minimum atomic E-state index is -0.116. The van der Waals surface area contributed by atoms with E-state index in [4.69, 9.17) is 5.26 Å². The fourth-order valence-corrected chi connectivity index (χ4v) is 3.81. The van der Waals surface area contributed by atoms with Crippen LogP contribution in [0.4, 0.5) is 5.82 Å². The van der Waals surface area contributed by atoms with E-state index in [2.05, 4.69) is 26.5 Å². The highest BCUT2D eigenvalue weighted by molar-refractivity contribution is 5.95. The molecule has 1 atom stereocenters. The summed E-state index contributed by atoms with van der Waals surface area (Å²) in [6.45, 7) is 1.94. The topological polar surface area (TPSA) is 99.4 Å². The van der Waals surface area contributed by atoms with E-state index < -0.39 is 0 Å². The summed E-state index contributed by atoms with van der Waals surface area (Å²) >= 11 is 0. The Hall–Kier alpha value is -3.92. The lowest BCUT2D eigenvalue weighted by molar-refractivity contribution is -0.116. The molecule has 28 heavy (non-hydrogen) atoms. The molecule has 136 valence electrons. The normalized spacial score (nSPS) is 15.9. The molecule has 0 aliphatic carbocycles. The Morgan fingerprint density at radius 1 is 1.18 bits per heavy atom. The van der Waals surface area contributed by atoms with Gasteiger partial charge >= 0.3 is 0 Å². The summed E-state index contributed by atoms with van der Waals surface area (Å²) in [5.41, 5.74) is 5.14. The Labute approximate surface area is 160 Å². The van der Waals surface area contributed by atoms with Crippen molar-refractivity contribution in [1.29, 1.82) is 5.26 Å². The maximum absolute atomic E-state index is 12.5. The molecule has 1 amide bonds. The standard InChI is InChI=1S/C21H16N6O/c1-12-19-15(14-8-6-13(11-22)7-9-14)10-18(28)25-20(19)27(26-12)21-23-16-4-2-3-5-17(16)24-21/h2-9,15H,10H2,1H3,(H,23,24)(H,25,28). The summed E-state index contributed by atoms with van der Waals surface area (Å²) in [6, 6.07) is 17.2. The van der Waals surface area contributed by atoms with Gasteiger partial charge in [0.25, 0.3) is 0 Å². The molecule has 3 heterocycles. The first kappa shape index (κ1) is 16.3. The summed E-state index contributed by atoms with van der Waals surface area (Å²) < 4.78 is 1.67. The van der Waals surface area contributed by atoms with Gasteiger partial charge in [0, 0.05) is 17.9 Å². The molecule has 2 aromatic carbocycles. The summed E-state index contributed by atoms with van der Waals surface area (Å²) in [5, 5.41) is 16.7. The number of aromatic amines is 1. The van der Waals surface area contributed by atoms with Crippen LogP contribution in [0.2, 0.25) is 0 Å². The van der Waals surface area contributed by atoms with Crippen LogP contribution in [0.5, 0.6) is 0 Å². The average Bonchev–Trinajstić information content (AvgIpc) is 3.28. The Balaban J connectivity index is 1.65. The molecule has 0 spiro atoms. The first-order valence-electron chi connectivity index (χ1n) is 8.98. The molecule has 1 aliphatic heterocycles. The number of anilines is 1. The average molecular weight is 368 g/mol. The van der Waals surface area contributed by atoms with Crippen molar-refractivity contribution in [3.05, 3.63) is 70.9 Å². The van der Waals surface area contributed by atoms with Crippen molar-refractivity contribution in [2.24, 2.45) is 0 Å². The second kappa shape index (κ2) is 6.06. The van der Waals surface area contributed by atoms with E-state index >= 15 is 0 Å². The van der Waals surface area contributed by atoms with Crippen molar-refractivity contribution in [1.82, 2.24) is 19.7 Å². The summed E-state index contributed by atoms with van der Waals surface area (Å²) in [7, 11) is 0. The van der Waals surface area contributed by atoms with E-state index in [-0.39, 0.29) is 11.8 Å². The first-order valence-corrected chi connectivity index (χ1v) is 8.98. The Kier molecular flexibility index (Phi) is 3.52. The van der Waals surface area contributed by atoms with Gasteiger partial charge in [0.15, 0.2) is 0 Å². The zero-order chi connectivity index (χ0) is 19.3. The number of carbonyl (C=O) groups is 1. The highest BCUT2D eigenvalue weighted by Crippen LogP contribution is 2.40. The summed E-state index contributed by atoms with van der Waals surface area (Å²) in [4.78, 5) is 20.3. The number of aromatic nitrogens is 4. The predicted octanol–water partition coefficient (Wildman–Crippen LogP) is 3.40. The molecule has 2 aromatic heterocycles. The van der Waals surface area contributed by atoms with E-state index in [9.17, 15) is 4.79 Å². The number of aryl methyl sites for hydroxylation is 1. The molecule has 1 aliphatic rings. The van der Waals surface area contributed by atoms with Crippen molar-refractivity contribution in [3.63, 3.8) is 0 Å². The molecule has 4 aromatic rings. The van der Waals surface area contributed by atoms with Crippen LogP contribution < -0.4 is 5.32 Å². The molecular formula is C21H16N6O. The fraction of sp³-hybridized carbons (Fsp3) is 0.143. The monoisotopic (exact) mass is 368 g/mol. The molecular weight excluding hydrogens is 352 g/mol. The van der Waals surface area contributed by atoms with Gasteiger partial charge in [0.05, 0.1) is 28.4 Å². The highest BCUT2D eigenvalue weighted by Gasteiger charge is 2.33. The van der Waals surface area contributed by atoms with Crippen LogP contribution in [0.3, 0.4) is 0 Å². The van der Waals surface area contributed by atoms with E-state index in [1.165, 1.54) is 0 Å². The number of imidazole rings is 1. The predicted molar refractivity (Wildman–Crippen MR) is 104 cm³/mol. The molecule has 7 nitrogen and oxygen atoms in total. The maximum Gasteiger partial charge on any atom is 0.231 e. The Morgan fingerprint density at radius 3 is 2.71 bits per heavy atom. The van der Waals surface area contributed by atoms with Crippen LogP contribution >= 0.6 is 0 Å². The lowest BCUT2D eigenvalue weighted by Gasteiger charge is -2.24. The van der Waals surface area contributed by atoms with Gasteiger partial charge < -0.3 is 10.3 Å². The number of H-pyrrole nitrogens is 1. The smallest absolute Gasteiger partial charge is 0.231 e. The highest BCUT2D eigenvalue weighted by atomic mass is 16.1. The largest absolute Gasteiger partial charge is 0.322 e. The number of rotatable bonds is 2. The van der Waals surface area contributed by atoms with Gasteiger partial charge in [-0.1, -0.05) is 24.3 Å². The lowest BCUT2D eigenvalue weighted by atomic mass is 9.85. The molecule has 0 bridgehead atoms. The van der Waals surface area contributed by atoms with E-state index in [1.54, 1.807) is 16.8 Å². The lowest BCUT2D eigenvalue weighted by Crippen LogP contribution is -2.25. The molecule has 0 radical (unpaired) electrons. The Morgan fingerprint density at radius 2 is 1.96 bits per heavy atom. The SMILES string of the molecule is Cc1nn(-c2nc3ccccc3[nH]2)c2c1C(c1ccc(C#N)cc1)CC(=O)N2. The third-order valence-electron chi connectivity index (χ3n) is 5.12. The molecule has 5 rings (SSSR count). The van der Waals surface area contributed by atoms with Crippen LogP contribution in [0.1, 0.15) is 34.7 Å². The van der Waals surface area contributed by atoms with Gasteiger partial charge in [-0.05, 0) is 36.8 Å². The second-order valence-electron chi connectivity index (χ2n) is 6.88. The second-order valence-corrected chi connectivity index (χ2v) is 6.88. The van der Waals surface area contributed by atoms with E-state index in [0.717, 1.165) is 27.9 Å². The van der Waals surface area contributed by atoms with Crippen LogP contribution in [0, 0.1) is 18.3 Å². The number of benzene rings is 2. The van der Waals surface area contributed by atoms with Crippen LogP contribution in [0.25, 0.3) is 17.0 Å². The van der Waals surface area contributed by atoms with Gasteiger partial charge in [0.2, 0.25) is 11.9 Å². The molecule has 2 N–H and O–H groups in total. The number of amides is 1. The van der Waals surface area contributed by atoms with E-state index in [1.807, 2.05) is 43.3 Å². The third-order valence-corrected chi connectivity index (χ3v) is 5.12. The quantitative estimate of drug-likeness (QED) is 0.566. The van der Waals surface area contributed by atoms with Gasteiger partial charge in [-0.25, -0.2) is 4.98 Å². The molecule has 0 saturated heterocycles. The Bertz CT molecular complexity index is 1230. The number of nitrogens with zero attached hydrogens (tertiary/aromatic N) is 4. The third kappa shape index (κ3) is 2.47. The van der Waals surface area contributed by atoms with E-state index in [0.29, 0.717) is 23.8 Å². The van der Waals surface area contributed by atoms with Crippen LogP contribution in [-0.4, -0.2) is 25.7 Å². The van der Waals surface area contributed by atoms with Crippen LogP contribution in [-0.2, 0) is 4.79 Å². The van der Waals surface area contributed by atoms with Crippen molar-refractivity contribution >= 4 is 22.8 Å². The van der Waals surface area contributed by atoms with Gasteiger partial charge in [0.1, 0.15) is 5.82 Å². The first-order chi connectivity index (χ1) is 13.6. The van der Waals surface area contributed by atoms with Crippen LogP contribution in [0.15, 0.2) is 48.5 Å². The van der Waals surface area contributed by atoms with Crippen molar-refractivity contribution in [2.45, 2.75) is 19.3 Å². The molecule has 0 saturated carbocycles. The number of nitrogens with one attached hydrogen (secondary N) is 2. The minimum absolute atomic E-state index is 0.0703. The fourth-order valence-electron chi connectivity index (χ4n) is 3.81. The number of hydrogen-bond donors (Lipinski definition) is 2. The van der Waals surface area contributed by atoms with Crippen molar-refractivity contribution < 1.29 is 4.79 Å². The summed E-state index contributed by atoms with van der Waals surface area (Å²) in [5.74, 6) is 1.02. The zero-order valence-corrected chi connectivity index (χ0v) is 15.1. The van der Waals surface area contributed by atoms with Gasteiger partial charge in [-0.15, -0.1) is 0 Å². The zero-order valence-electron chi connectivity index (χ0n) is 15.1.